The number of carboxylic acid groups (broad SMARTS) is 1. The Hall–Kier alpha value is -4.95. The number of nitrogens with zero attached hydrogens (tertiary/aromatic N) is 4. The van der Waals surface area contributed by atoms with Crippen LogP contribution in [0.2, 0.25) is 0 Å². The molecule has 3 fully saturated rings. The molecule has 1 aromatic heterocycles. The third-order valence-corrected chi connectivity index (χ3v) is 9.15. The average Bonchev–Trinajstić information content (AvgIpc) is 3.76. The van der Waals surface area contributed by atoms with Crippen LogP contribution in [0.1, 0.15) is 75.3 Å². The monoisotopic (exact) mass is 694 g/mol. The Morgan fingerprint density at radius 2 is 1.70 bits per heavy atom. The van der Waals surface area contributed by atoms with Crippen molar-refractivity contribution in [1.82, 2.24) is 30.3 Å². The van der Waals surface area contributed by atoms with Gasteiger partial charge >= 0.3 is 12.1 Å². The van der Waals surface area contributed by atoms with Crippen LogP contribution in [0.4, 0.5) is 4.79 Å². The summed E-state index contributed by atoms with van der Waals surface area (Å²) in [5, 5.41) is 15.6. The van der Waals surface area contributed by atoms with Crippen molar-refractivity contribution in [3.05, 3.63) is 35.5 Å². The van der Waals surface area contributed by atoms with E-state index in [2.05, 4.69) is 15.6 Å². The molecular weight excluding hydrogens is 648 g/mol. The molecule has 0 radical (unpaired) electrons. The lowest BCUT2D eigenvalue weighted by atomic mass is 10.1. The summed E-state index contributed by atoms with van der Waals surface area (Å²) >= 11 is 0. The van der Waals surface area contributed by atoms with Crippen molar-refractivity contribution in [2.45, 2.75) is 89.9 Å². The normalized spacial score (nSPS) is 18.4. The fraction of sp³-hybridized carbons (Fsp3) is 0.571. The predicted octanol–water partition coefficient (Wildman–Crippen LogP) is 2.23. The van der Waals surface area contributed by atoms with E-state index in [0.29, 0.717) is 30.3 Å². The van der Waals surface area contributed by atoms with Crippen LogP contribution >= 0.6 is 0 Å². The van der Waals surface area contributed by atoms with Crippen LogP contribution in [0.5, 0.6) is 5.75 Å². The largest absolute Gasteiger partial charge is 0.481 e. The van der Waals surface area contributed by atoms with Crippen molar-refractivity contribution < 1.29 is 43.3 Å². The van der Waals surface area contributed by atoms with Crippen LogP contribution in [0, 0.1) is 6.92 Å². The molecule has 0 bridgehead atoms. The first-order valence-electron chi connectivity index (χ1n) is 17.2. The van der Waals surface area contributed by atoms with Gasteiger partial charge in [0.2, 0.25) is 11.8 Å². The van der Waals surface area contributed by atoms with Crippen molar-refractivity contribution in [3.8, 4) is 5.75 Å². The van der Waals surface area contributed by atoms with Gasteiger partial charge < -0.3 is 39.9 Å². The minimum absolute atomic E-state index is 0.0931. The van der Waals surface area contributed by atoms with E-state index < -0.39 is 41.6 Å². The summed E-state index contributed by atoms with van der Waals surface area (Å²) in [5.41, 5.74) is -0.241. The van der Waals surface area contributed by atoms with Gasteiger partial charge in [-0.2, -0.15) is 0 Å². The van der Waals surface area contributed by atoms with E-state index in [-0.39, 0.29) is 74.9 Å². The molecule has 5 amide bonds. The highest BCUT2D eigenvalue weighted by Gasteiger charge is 2.43. The van der Waals surface area contributed by atoms with Crippen LogP contribution in [-0.2, 0) is 23.9 Å². The number of likely N-dealkylation sites (tertiary alicyclic amines) is 1. The van der Waals surface area contributed by atoms with E-state index >= 15 is 0 Å². The van der Waals surface area contributed by atoms with E-state index in [0.717, 1.165) is 18.4 Å². The second-order valence-electron chi connectivity index (χ2n) is 13.5. The Kier molecular flexibility index (Phi) is 11.1. The summed E-state index contributed by atoms with van der Waals surface area (Å²) in [6.45, 7) is 8.28. The van der Waals surface area contributed by atoms with Gasteiger partial charge in [-0.1, -0.05) is 6.07 Å². The number of hydrogen-bond donors (Lipinski definition) is 3. The molecule has 50 heavy (non-hydrogen) atoms. The van der Waals surface area contributed by atoms with Crippen molar-refractivity contribution in [3.63, 3.8) is 0 Å². The molecule has 2 saturated heterocycles. The second-order valence-corrected chi connectivity index (χ2v) is 13.5. The zero-order valence-electron chi connectivity index (χ0n) is 29.0. The van der Waals surface area contributed by atoms with Crippen LogP contribution in [0.3, 0.4) is 0 Å². The van der Waals surface area contributed by atoms with Gasteiger partial charge in [-0.15, -0.1) is 0 Å². The van der Waals surface area contributed by atoms with Gasteiger partial charge in [-0.25, -0.2) is 9.78 Å². The number of hydrogen-bond acceptors (Lipinski definition) is 9. The molecule has 15 heteroatoms. The quantitative estimate of drug-likeness (QED) is 0.297. The number of carbonyl (C=O) groups is 6. The van der Waals surface area contributed by atoms with Gasteiger partial charge in [0.1, 0.15) is 23.5 Å². The number of carbonyl (C=O) groups excluding carboxylic acids is 5. The van der Waals surface area contributed by atoms with Gasteiger partial charge in [0, 0.05) is 56.6 Å². The number of fused-ring (bicyclic) bond motifs is 1. The fourth-order valence-corrected chi connectivity index (χ4v) is 6.28. The third-order valence-electron chi connectivity index (χ3n) is 9.15. The fourth-order valence-electron chi connectivity index (χ4n) is 6.28. The molecule has 2 atom stereocenters. The summed E-state index contributed by atoms with van der Waals surface area (Å²) in [6, 6.07) is 5.21. The number of benzene rings is 1. The lowest BCUT2D eigenvalue weighted by Gasteiger charge is -2.36. The first-order valence-corrected chi connectivity index (χ1v) is 17.2. The molecule has 1 saturated carbocycles. The Morgan fingerprint density at radius 1 is 1.00 bits per heavy atom. The number of carboxylic acids is 1. The minimum atomic E-state index is -1.43. The first kappa shape index (κ1) is 36.3. The number of aryl methyl sites for hydroxylation is 1. The lowest BCUT2D eigenvalue weighted by molar-refractivity contribution is -0.149. The molecule has 3 aliphatic rings. The number of ether oxygens (including phenoxy) is 2. The van der Waals surface area contributed by atoms with E-state index in [4.69, 9.17) is 9.47 Å². The Labute approximate surface area is 290 Å². The maximum absolute atomic E-state index is 13.9. The van der Waals surface area contributed by atoms with Crippen LogP contribution < -0.4 is 15.4 Å². The highest BCUT2D eigenvalue weighted by molar-refractivity contribution is 6.00. The summed E-state index contributed by atoms with van der Waals surface area (Å²) in [6.07, 6.45) is 2.11. The van der Waals surface area contributed by atoms with Crippen molar-refractivity contribution >= 4 is 46.6 Å². The Morgan fingerprint density at radius 3 is 2.36 bits per heavy atom. The molecule has 270 valence electrons. The molecule has 1 aliphatic carbocycles. The third kappa shape index (κ3) is 8.61. The molecular formula is C35H46N6O9. The Bertz CT molecular complexity index is 1650. The maximum atomic E-state index is 13.9. The summed E-state index contributed by atoms with van der Waals surface area (Å²) in [7, 11) is 0. The molecule has 15 nitrogen and oxygen atoms in total. The van der Waals surface area contributed by atoms with Gasteiger partial charge in [0.25, 0.3) is 11.8 Å². The maximum Gasteiger partial charge on any atom is 0.409 e. The highest BCUT2D eigenvalue weighted by atomic mass is 16.6. The van der Waals surface area contributed by atoms with Crippen molar-refractivity contribution in [2.24, 2.45) is 0 Å². The van der Waals surface area contributed by atoms with E-state index in [1.165, 1.54) is 15.9 Å². The van der Waals surface area contributed by atoms with Gasteiger partial charge in [0.15, 0.2) is 5.60 Å². The minimum Gasteiger partial charge on any atom is -0.481 e. The zero-order chi connectivity index (χ0) is 36.2. The lowest BCUT2D eigenvalue weighted by Crippen LogP contribution is -2.56. The number of aromatic nitrogens is 1. The zero-order valence-corrected chi connectivity index (χ0v) is 29.0. The average molecular weight is 695 g/mol. The molecule has 0 spiro atoms. The van der Waals surface area contributed by atoms with Crippen molar-refractivity contribution in [2.75, 3.05) is 39.3 Å². The molecule has 5 rings (SSSR count). The van der Waals surface area contributed by atoms with E-state index in [1.807, 2.05) is 13.0 Å². The number of amides is 5. The van der Waals surface area contributed by atoms with Gasteiger partial charge in [-0.3, -0.25) is 24.0 Å². The van der Waals surface area contributed by atoms with Crippen LogP contribution in [0.15, 0.2) is 24.3 Å². The topological polar surface area (TPSA) is 188 Å². The Balaban J connectivity index is 1.36. The molecule has 2 aliphatic heterocycles. The van der Waals surface area contributed by atoms with E-state index in [9.17, 15) is 33.9 Å². The second kappa shape index (κ2) is 15.3. The number of aliphatic carboxylic acids is 1. The van der Waals surface area contributed by atoms with Gasteiger partial charge in [-0.05, 0) is 77.5 Å². The number of rotatable bonds is 12. The van der Waals surface area contributed by atoms with E-state index in [1.54, 1.807) is 37.8 Å². The predicted molar refractivity (Wildman–Crippen MR) is 180 cm³/mol. The molecule has 2 aromatic rings. The molecule has 3 N–H and O–H groups in total. The van der Waals surface area contributed by atoms with Crippen LogP contribution in [-0.4, -0.2) is 124 Å². The molecule has 3 heterocycles. The number of piperazine rings is 1. The number of pyridine rings is 1. The molecule has 0 unspecified atom stereocenters. The summed E-state index contributed by atoms with van der Waals surface area (Å²) < 4.78 is 11.4. The van der Waals surface area contributed by atoms with Crippen molar-refractivity contribution in [1.29, 1.82) is 0 Å². The smallest absolute Gasteiger partial charge is 0.409 e. The first-order chi connectivity index (χ1) is 23.8. The van der Waals surface area contributed by atoms with Crippen LogP contribution in [0.25, 0.3) is 10.9 Å². The molecule has 1 aromatic carbocycles. The van der Waals surface area contributed by atoms with Gasteiger partial charge in [0.05, 0.1) is 12.1 Å². The summed E-state index contributed by atoms with van der Waals surface area (Å²) in [5.74, 6) is -2.65. The standard InChI is InChI=1S/C35H46N6O9/c1-5-49-34(48)40-17-15-39(16-18-40)32(46)24(12-13-29(42)43)38-30(44)26-20-28(23-11-8-21(2)19-25(23)37-26)50-35(3,4)33(47)41-14-6-7-27(41)31(45)36-22-9-10-22/h8,11,19-20,22,24,27H,5-7,9-10,12-18H2,1-4H3,(H,36,45)(H,38,44)(H,42,43)/t24-,27-/m0/s1. The number of nitrogens with one attached hydrogen (secondary N) is 2. The SMILES string of the molecule is CCOC(=O)N1CCN(C(=O)[C@H](CCC(=O)O)NC(=O)c2cc(OC(C)(C)C(=O)N3CCC[C@H]3C(=O)NC3CC3)c3ccc(C)cc3n2)CC1. The highest BCUT2D eigenvalue weighted by Crippen LogP contribution is 2.32. The summed E-state index contributed by atoms with van der Waals surface area (Å²) in [4.78, 5) is 86.9.